The van der Waals surface area contributed by atoms with Gasteiger partial charge in [-0.25, -0.2) is 0 Å². The summed E-state index contributed by atoms with van der Waals surface area (Å²) in [7, 11) is 1.62. The molecule has 0 aliphatic carbocycles. The van der Waals surface area contributed by atoms with Crippen LogP contribution in [0, 0.1) is 17.0 Å². The highest BCUT2D eigenvalue weighted by molar-refractivity contribution is 7.99. The first-order valence-corrected chi connectivity index (χ1v) is 10.6. The van der Waals surface area contributed by atoms with Gasteiger partial charge in [-0.1, -0.05) is 23.9 Å². The zero-order valence-electron chi connectivity index (χ0n) is 15.7. The molecule has 0 unspecified atom stereocenters. The molecular weight excluding hydrogens is 396 g/mol. The van der Waals surface area contributed by atoms with Crippen molar-refractivity contribution in [1.29, 1.82) is 0 Å². The molecular formula is C19H20N4O3S2. The van der Waals surface area contributed by atoms with E-state index in [0.29, 0.717) is 11.0 Å². The molecule has 1 aromatic heterocycles. The van der Waals surface area contributed by atoms with Gasteiger partial charge in [0.05, 0.1) is 7.11 Å². The lowest BCUT2D eigenvalue weighted by atomic mass is 10.1. The quantitative estimate of drug-likeness (QED) is 0.305. The molecule has 0 bridgehead atoms. The Morgan fingerprint density at radius 2 is 1.82 bits per heavy atom. The zero-order chi connectivity index (χ0) is 20.1. The number of aromatic nitrogens is 3. The largest absolute Gasteiger partial charge is 0.497 e. The van der Waals surface area contributed by atoms with E-state index in [-0.39, 0.29) is 16.7 Å². The molecule has 0 radical (unpaired) electrons. The average Bonchev–Trinajstić information content (AvgIpc) is 3.07. The van der Waals surface area contributed by atoms with Gasteiger partial charge in [-0.2, -0.15) is 0 Å². The first-order chi connectivity index (χ1) is 13.5. The molecule has 9 heteroatoms. The van der Waals surface area contributed by atoms with Crippen molar-refractivity contribution in [1.82, 2.24) is 14.8 Å². The third kappa shape index (κ3) is 4.66. The average molecular weight is 417 g/mol. The summed E-state index contributed by atoms with van der Waals surface area (Å²) < 4.78 is 7.11. The minimum atomic E-state index is -0.369. The normalized spacial score (nSPS) is 12.0. The number of hydrogen-bond acceptors (Lipinski definition) is 7. The van der Waals surface area contributed by atoms with Crippen LogP contribution in [0.5, 0.6) is 5.75 Å². The molecule has 1 atom stereocenters. The molecule has 0 amide bonds. The number of benzene rings is 2. The van der Waals surface area contributed by atoms with E-state index in [0.717, 1.165) is 21.9 Å². The number of ether oxygens (including phenoxy) is 1. The standard InChI is InChI=1S/C19H20N4O3S2/c1-13-20-21-19(23(13)15-6-8-16(26-2)9-7-15)28-18(12-22(24)25)14-4-10-17(27-3)11-5-14/h4-11,18H,12H2,1-3H3/t18-/m1/s1. The van der Waals surface area contributed by atoms with Crippen LogP contribution in [0.15, 0.2) is 58.6 Å². The van der Waals surface area contributed by atoms with Gasteiger partial charge in [0.25, 0.3) is 0 Å². The van der Waals surface area contributed by atoms with Gasteiger partial charge in [-0.05, 0) is 55.1 Å². The summed E-state index contributed by atoms with van der Waals surface area (Å²) in [4.78, 5) is 12.1. The van der Waals surface area contributed by atoms with E-state index in [1.807, 2.05) is 66.3 Å². The molecule has 0 saturated heterocycles. The fourth-order valence-corrected chi connectivity index (χ4v) is 4.32. The van der Waals surface area contributed by atoms with E-state index < -0.39 is 0 Å². The van der Waals surface area contributed by atoms with Gasteiger partial charge in [0.1, 0.15) is 16.8 Å². The SMILES string of the molecule is COc1ccc(-n2c(C)nnc2S[C@H](C[N+](=O)[O-])c2ccc(SC)cc2)cc1. The molecule has 3 rings (SSSR count). The van der Waals surface area contributed by atoms with Gasteiger partial charge < -0.3 is 4.74 Å². The predicted molar refractivity (Wildman–Crippen MR) is 111 cm³/mol. The highest BCUT2D eigenvalue weighted by Crippen LogP contribution is 2.36. The lowest BCUT2D eigenvalue weighted by molar-refractivity contribution is -0.479. The topological polar surface area (TPSA) is 83.1 Å². The molecule has 2 aromatic carbocycles. The Labute approximate surface area is 171 Å². The smallest absolute Gasteiger partial charge is 0.220 e. The van der Waals surface area contributed by atoms with E-state index in [1.165, 1.54) is 11.8 Å². The number of hydrogen-bond donors (Lipinski definition) is 0. The fourth-order valence-electron chi connectivity index (χ4n) is 2.74. The van der Waals surface area contributed by atoms with Crippen molar-refractivity contribution in [3.05, 3.63) is 70.0 Å². The molecule has 28 heavy (non-hydrogen) atoms. The Morgan fingerprint density at radius 1 is 1.14 bits per heavy atom. The zero-order valence-corrected chi connectivity index (χ0v) is 17.4. The van der Waals surface area contributed by atoms with E-state index in [4.69, 9.17) is 4.74 Å². The van der Waals surface area contributed by atoms with Crippen LogP contribution in [0.2, 0.25) is 0 Å². The van der Waals surface area contributed by atoms with Crippen LogP contribution in [0.4, 0.5) is 0 Å². The number of aryl methyl sites for hydroxylation is 1. The van der Waals surface area contributed by atoms with Crippen molar-refractivity contribution in [2.75, 3.05) is 19.9 Å². The van der Waals surface area contributed by atoms with Gasteiger partial charge in [0.15, 0.2) is 5.16 Å². The van der Waals surface area contributed by atoms with Crippen molar-refractivity contribution in [3.8, 4) is 11.4 Å². The Morgan fingerprint density at radius 3 is 2.39 bits per heavy atom. The lowest BCUT2D eigenvalue weighted by Gasteiger charge is -2.15. The van der Waals surface area contributed by atoms with Crippen LogP contribution in [-0.2, 0) is 0 Å². The van der Waals surface area contributed by atoms with Crippen molar-refractivity contribution in [2.45, 2.75) is 22.2 Å². The predicted octanol–water partition coefficient (Wildman–Crippen LogP) is 4.42. The third-order valence-electron chi connectivity index (χ3n) is 4.18. The number of thioether (sulfide) groups is 2. The summed E-state index contributed by atoms with van der Waals surface area (Å²) in [6, 6.07) is 15.4. The highest BCUT2D eigenvalue weighted by Gasteiger charge is 2.23. The summed E-state index contributed by atoms with van der Waals surface area (Å²) in [5, 5.41) is 19.9. The Balaban J connectivity index is 1.93. The van der Waals surface area contributed by atoms with Crippen molar-refractivity contribution in [2.24, 2.45) is 0 Å². The Hall–Kier alpha value is -2.52. The van der Waals surface area contributed by atoms with E-state index in [9.17, 15) is 10.1 Å². The Bertz CT molecular complexity index is 943. The maximum Gasteiger partial charge on any atom is 0.220 e. The highest BCUT2D eigenvalue weighted by atomic mass is 32.2. The van der Waals surface area contributed by atoms with Crippen LogP contribution >= 0.6 is 23.5 Å². The second-order valence-electron chi connectivity index (χ2n) is 5.96. The minimum Gasteiger partial charge on any atom is -0.497 e. The summed E-state index contributed by atoms with van der Waals surface area (Å²) in [5.41, 5.74) is 1.77. The molecule has 7 nitrogen and oxygen atoms in total. The molecule has 0 N–H and O–H groups in total. The maximum atomic E-state index is 11.3. The second-order valence-corrected chi connectivity index (χ2v) is 8.01. The molecule has 3 aromatic rings. The molecule has 1 heterocycles. The first-order valence-electron chi connectivity index (χ1n) is 8.50. The van der Waals surface area contributed by atoms with Crippen molar-refractivity contribution < 1.29 is 9.66 Å². The molecule has 0 aliphatic rings. The summed E-state index contributed by atoms with van der Waals surface area (Å²) >= 11 is 2.98. The summed E-state index contributed by atoms with van der Waals surface area (Å²) in [5.74, 6) is 1.47. The van der Waals surface area contributed by atoms with Crippen LogP contribution in [-0.4, -0.2) is 39.6 Å². The van der Waals surface area contributed by atoms with Crippen LogP contribution in [0.1, 0.15) is 16.6 Å². The Kier molecular flexibility index (Phi) is 6.58. The van der Waals surface area contributed by atoms with E-state index in [2.05, 4.69) is 10.2 Å². The van der Waals surface area contributed by atoms with E-state index >= 15 is 0 Å². The lowest BCUT2D eigenvalue weighted by Crippen LogP contribution is -2.11. The van der Waals surface area contributed by atoms with Gasteiger partial charge in [0.2, 0.25) is 6.54 Å². The van der Waals surface area contributed by atoms with Crippen LogP contribution in [0.25, 0.3) is 5.69 Å². The summed E-state index contributed by atoms with van der Waals surface area (Å²) in [6.45, 7) is 1.66. The number of nitrogens with zero attached hydrogens (tertiary/aromatic N) is 4. The molecule has 146 valence electrons. The summed E-state index contributed by atoms with van der Waals surface area (Å²) in [6.07, 6.45) is 2.00. The maximum absolute atomic E-state index is 11.3. The molecule has 0 saturated carbocycles. The number of methoxy groups -OCH3 is 1. The molecule has 0 spiro atoms. The first kappa shape index (κ1) is 20.2. The monoisotopic (exact) mass is 416 g/mol. The minimum absolute atomic E-state index is 0.197. The van der Waals surface area contributed by atoms with E-state index in [1.54, 1.807) is 18.9 Å². The van der Waals surface area contributed by atoms with Gasteiger partial charge in [-0.15, -0.1) is 22.0 Å². The fraction of sp³-hybridized carbons (Fsp3) is 0.263. The van der Waals surface area contributed by atoms with Crippen molar-refractivity contribution >= 4 is 23.5 Å². The molecule has 0 aliphatic heterocycles. The number of nitro groups is 1. The number of rotatable bonds is 8. The van der Waals surface area contributed by atoms with Crippen LogP contribution < -0.4 is 4.74 Å². The molecule has 0 fully saturated rings. The van der Waals surface area contributed by atoms with Gasteiger partial charge >= 0.3 is 0 Å². The van der Waals surface area contributed by atoms with Crippen LogP contribution in [0.3, 0.4) is 0 Å². The van der Waals surface area contributed by atoms with Crippen molar-refractivity contribution in [3.63, 3.8) is 0 Å². The third-order valence-corrected chi connectivity index (χ3v) is 6.10. The second kappa shape index (κ2) is 9.11. The van der Waals surface area contributed by atoms with Gasteiger partial charge in [-0.3, -0.25) is 14.7 Å². The van der Waals surface area contributed by atoms with Gasteiger partial charge in [0, 0.05) is 15.5 Å².